The van der Waals surface area contributed by atoms with Gasteiger partial charge in [0, 0.05) is 5.56 Å². The van der Waals surface area contributed by atoms with E-state index in [2.05, 4.69) is 80.3 Å². The summed E-state index contributed by atoms with van der Waals surface area (Å²) < 4.78 is 0. The fraction of sp³-hybridized carbons (Fsp3) is 0.556. The minimum atomic E-state index is 0.907. The third-order valence-corrected chi connectivity index (χ3v) is 8.83. The van der Waals surface area contributed by atoms with Crippen molar-refractivity contribution in [2.75, 3.05) is 0 Å². The number of unbranched alkanes of at least 4 members (excludes halogenated alkanes) is 4. The Morgan fingerprint density at radius 1 is 0.667 bits per heavy atom. The third-order valence-electron chi connectivity index (χ3n) is 8.83. The van der Waals surface area contributed by atoms with Crippen molar-refractivity contribution < 1.29 is 0 Å². The van der Waals surface area contributed by atoms with Crippen molar-refractivity contribution in [1.29, 1.82) is 0 Å². The molecule has 0 aliphatic heterocycles. The van der Waals surface area contributed by atoms with E-state index in [1.807, 2.05) is 0 Å². The van der Waals surface area contributed by atoms with E-state index >= 15 is 0 Å². The van der Waals surface area contributed by atoms with Gasteiger partial charge in [0.15, 0.2) is 0 Å². The Morgan fingerprint density at radius 3 is 2.00 bits per heavy atom. The Bertz CT molecular complexity index is 987. The van der Waals surface area contributed by atoms with Gasteiger partial charge in [-0.1, -0.05) is 120 Å². The standard InChI is InChI=1S/C36H48/c1-3-5-7-8-10-30-15-23-34(24-16-30)36-27-19-32(20-28-36)12-11-31-17-25-35(26-18-31)33-21-13-29(14-22-33)9-6-4-2/h15-17,19-20,23-24,27-29,33,35H,3-10,13-14,18,21-22,25-26H2,1-2H3. The summed E-state index contributed by atoms with van der Waals surface area (Å²) in [5.41, 5.74) is 6.52. The van der Waals surface area contributed by atoms with E-state index in [1.54, 1.807) is 0 Å². The number of hydrogen-bond acceptors (Lipinski definition) is 0. The van der Waals surface area contributed by atoms with Crippen LogP contribution >= 0.6 is 0 Å². The van der Waals surface area contributed by atoms with Crippen molar-refractivity contribution in [3.05, 3.63) is 71.3 Å². The van der Waals surface area contributed by atoms with Crippen molar-refractivity contribution in [3.63, 3.8) is 0 Å². The average Bonchev–Trinajstić information content (AvgIpc) is 2.94. The van der Waals surface area contributed by atoms with Crippen LogP contribution in [0.15, 0.2) is 60.2 Å². The Labute approximate surface area is 222 Å². The molecule has 1 unspecified atom stereocenters. The summed E-state index contributed by atoms with van der Waals surface area (Å²) in [5, 5.41) is 0. The second kappa shape index (κ2) is 14.5. The molecule has 0 saturated heterocycles. The number of rotatable bonds is 10. The SMILES string of the molecule is CCCCCCc1ccc(-c2ccc(C#CC3=CCC(C4CCC(CCCC)CC4)CC3)cc2)cc1. The molecule has 1 fully saturated rings. The van der Waals surface area contributed by atoms with Crippen LogP contribution in [0, 0.1) is 29.6 Å². The Balaban J connectivity index is 1.24. The summed E-state index contributed by atoms with van der Waals surface area (Å²) in [7, 11) is 0. The van der Waals surface area contributed by atoms with Gasteiger partial charge in [0.1, 0.15) is 0 Å². The molecule has 0 N–H and O–H groups in total. The molecule has 36 heavy (non-hydrogen) atoms. The summed E-state index contributed by atoms with van der Waals surface area (Å²) in [6.45, 7) is 4.60. The van der Waals surface area contributed by atoms with E-state index in [9.17, 15) is 0 Å². The summed E-state index contributed by atoms with van der Waals surface area (Å²) in [4.78, 5) is 0. The molecule has 0 nitrogen and oxygen atoms in total. The van der Waals surface area contributed by atoms with Crippen LogP contribution in [0.3, 0.4) is 0 Å². The first-order valence-electron chi connectivity index (χ1n) is 15.2. The van der Waals surface area contributed by atoms with Crippen molar-refractivity contribution in [2.24, 2.45) is 17.8 Å². The monoisotopic (exact) mass is 480 g/mol. The lowest BCUT2D eigenvalue weighted by molar-refractivity contribution is 0.186. The highest BCUT2D eigenvalue weighted by atomic mass is 14.3. The van der Waals surface area contributed by atoms with Crippen molar-refractivity contribution in [1.82, 2.24) is 0 Å². The van der Waals surface area contributed by atoms with Crippen LogP contribution in [0.2, 0.25) is 0 Å². The Kier molecular flexibility index (Phi) is 10.8. The highest BCUT2D eigenvalue weighted by Crippen LogP contribution is 2.40. The van der Waals surface area contributed by atoms with Gasteiger partial charge in [-0.05, 0) is 97.1 Å². The van der Waals surface area contributed by atoms with Gasteiger partial charge in [-0.25, -0.2) is 0 Å². The zero-order valence-corrected chi connectivity index (χ0v) is 23.0. The van der Waals surface area contributed by atoms with Crippen LogP contribution in [0.25, 0.3) is 11.1 Å². The largest absolute Gasteiger partial charge is 0.0726 e. The minimum Gasteiger partial charge on any atom is -0.0726 e. The quantitative estimate of drug-likeness (QED) is 0.234. The summed E-state index contributed by atoms with van der Waals surface area (Å²) in [6.07, 6.45) is 22.9. The van der Waals surface area contributed by atoms with Crippen LogP contribution in [-0.4, -0.2) is 0 Å². The zero-order chi connectivity index (χ0) is 25.0. The van der Waals surface area contributed by atoms with Gasteiger partial charge in [0.25, 0.3) is 0 Å². The first-order chi connectivity index (χ1) is 17.7. The van der Waals surface area contributed by atoms with E-state index in [-0.39, 0.29) is 0 Å². The van der Waals surface area contributed by atoms with Crippen LogP contribution in [0.4, 0.5) is 0 Å². The molecule has 0 amide bonds. The molecule has 1 saturated carbocycles. The van der Waals surface area contributed by atoms with Gasteiger partial charge in [-0.3, -0.25) is 0 Å². The Morgan fingerprint density at radius 2 is 1.36 bits per heavy atom. The van der Waals surface area contributed by atoms with Crippen molar-refractivity contribution >= 4 is 0 Å². The average molecular weight is 481 g/mol. The molecular formula is C36H48. The van der Waals surface area contributed by atoms with Crippen molar-refractivity contribution in [3.8, 4) is 23.0 Å². The summed E-state index contributed by atoms with van der Waals surface area (Å²) >= 11 is 0. The topological polar surface area (TPSA) is 0 Å². The molecule has 0 spiro atoms. The Hall–Kier alpha value is -2.26. The first kappa shape index (κ1) is 26.8. The number of benzene rings is 2. The lowest BCUT2D eigenvalue weighted by Crippen LogP contribution is -2.23. The minimum absolute atomic E-state index is 0.907. The molecule has 192 valence electrons. The van der Waals surface area contributed by atoms with Gasteiger partial charge in [-0.2, -0.15) is 0 Å². The molecule has 0 heterocycles. The third kappa shape index (κ3) is 8.13. The predicted molar refractivity (Wildman–Crippen MR) is 157 cm³/mol. The highest BCUT2D eigenvalue weighted by Gasteiger charge is 2.28. The molecule has 1 atom stereocenters. The fourth-order valence-corrected chi connectivity index (χ4v) is 6.36. The highest BCUT2D eigenvalue weighted by molar-refractivity contribution is 5.64. The van der Waals surface area contributed by atoms with Gasteiger partial charge in [0.2, 0.25) is 0 Å². The summed E-state index contributed by atoms with van der Waals surface area (Å²) in [5.74, 6) is 9.83. The van der Waals surface area contributed by atoms with Gasteiger partial charge in [0.05, 0.1) is 0 Å². The van der Waals surface area contributed by atoms with E-state index in [0.717, 1.165) is 23.3 Å². The molecule has 2 aliphatic carbocycles. The van der Waals surface area contributed by atoms with E-state index in [4.69, 9.17) is 0 Å². The number of aryl methyl sites for hydroxylation is 1. The zero-order valence-electron chi connectivity index (χ0n) is 23.0. The van der Waals surface area contributed by atoms with E-state index < -0.39 is 0 Å². The summed E-state index contributed by atoms with van der Waals surface area (Å²) in [6, 6.07) is 18.0. The maximum Gasteiger partial charge on any atom is 0.0249 e. The smallest absolute Gasteiger partial charge is 0.0249 e. The molecule has 0 aromatic heterocycles. The lowest BCUT2D eigenvalue weighted by Gasteiger charge is -2.35. The van der Waals surface area contributed by atoms with E-state index in [0.29, 0.717) is 0 Å². The van der Waals surface area contributed by atoms with Crippen LogP contribution in [-0.2, 0) is 6.42 Å². The maximum absolute atomic E-state index is 3.50. The van der Waals surface area contributed by atoms with Crippen molar-refractivity contribution in [2.45, 2.75) is 110 Å². The van der Waals surface area contributed by atoms with Gasteiger partial charge < -0.3 is 0 Å². The van der Waals surface area contributed by atoms with Gasteiger partial charge >= 0.3 is 0 Å². The molecule has 0 bridgehead atoms. The molecule has 2 aromatic rings. The molecule has 2 aliphatic rings. The molecule has 2 aromatic carbocycles. The van der Waals surface area contributed by atoms with Crippen LogP contribution in [0.1, 0.15) is 115 Å². The number of allylic oxidation sites excluding steroid dienone is 2. The fourth-order valence-electron chi connectivity index (χ4n) is 6.36. The van der Waals surface area contributed by atoms with Crippen LogP contribution < -0.4 is 0 Å². The normalized spacial score (nSPS) is 21.9. The van der Waals surface area contributed by atoms with E-state index in [1.165, 1.54) is 119 Å². The number of hydrogen-bond donors (Lipinski definition) is 0. The maximum atomic E-state index is 3.50. The first-order valence-corrected chi connectivity index (χ1v) is 15.2. The molecule has 4 rings (SSSR count). The molecule has 0 radical (unpaired) electrons. The second-order valence-corrected chi connectivity index (χ2v) is 11.5. The lowest BCUT2D eigenvalue weighted by atomic mass is 9.71. The van der Waals surface area contributed by atoms with Gasteiger partial charge in [-0.15, -0.1) is 0 Å². The molecular weight excluding hydrogens is 432 g/mol. The predicted octanol–water partition coefficient (Wildman–Crippen LogP) is 10.6. The second-order valence-electron chi connectivity index (χ2n) is 11.5. The molecule has 0 heteroatoms. The van der Waals surface area contributed by atoms with Crippen LogP contribution in [0.5, 0.6) is 0 Å².